The fraction of sp³-hybridized carbons (Fsp3) is 0.375. The number of nitrogens with zero attached hydrogens (tertiary/aromatic N) is 1. The number of nitrogen functional groups attached to an aromatic ring is 1. The quantitative estimate of drug-likeness (QED) is 0.870. The van der Waals surface area contributed by atoms with Gasteiger partial charge in [0.15, 0.2) is 6.61 Å². The summed E-state index contributed by atoms with van der Waals surface area (Å²) in [6.45, 7) is -1.44. The van der Waals surface area contributed by atoms with E-state index in [4.69, 9.17) is 5.73 Å². The molecule has 0 amide bonds. The summed E-state index contributed by atoms with van der Waals surface area (Å²) in [6.07, 6.45) is -2.61. The zero-order valence-electron chi connectivity index (χ0n) is 7.76. The normalized spacial score (nSPS) is 11.9. The monoisotopic (exact) mass is 302 g/mol. The predicted octanol–water partition coefficient (Wildman–Crippen LogP) is 2.71. The molecule has 0 bridgehead atoms. The molecule has 0 aliphatic carbocycles. The van der Waals surface area contributed by atoms with Gasteiger partial charge in [0.05, 0.1) is 16.4 Å². The highest BCUT2D eigenvalue weighted by Gasteiger charge is 2.42. The van der Waals surface area contributed by atoms with Gasteiger partial charge in [-0.3, -0.25) is 0 Å². The van der Waals surface area contributed by atoms with E-state index in [0.717, 1.165) is 0 Å². The lowest BCUT2D eigenvalue weighted by Gasteiger charge is -2.15. The predicted molar refractivity (Wildman–Crippen MR) is 52.8 cm³/mol. The third-order valence-corrected chi connectivity index (χ3v) is 2.12. The minimum atomic E-state index is -4.21. The topological polar surface area (TPSA) is 48.1 Å². The lowest BCUT2D eigenvalue weighted by molar-refractivity contribution is -0.148. The Kier molecular flexibility index (Phi) is 3.95. The van der Waals surface area contributed by atoms with Crippen LogP contribution in [0, 0.1) is 0 Å². The van der Waals surface area contributed by atoms with Gasteiger partial charge in [0.1, 0.15) is 0 Å². The van der Waals surface area contributed by atoms with Gasteiger partial charge < -0.3 is 10.5 Å². The van der Waals surface area contributed by atoms with Gasteiger partial charge in [-0.2, -0.15) is 8.78 Å². The standard InChI is InChI=1S/C8H7BrF4N2O/c9-5-1-4(14)2-15-6(5)16-3-8(12,13)7(10)11/h1-2,7H,3,14H2. The largest absolute Gasteiger partial charge is 0.470 e. The van der Waals surface area contributed by atoms with E-state index in [2.05, 4.69) is 25.7 Å². The summed E-state index contributed by atoms with van der Waals surface area (Å²) in [6, 6.07) is 1.36. The molecule has 1 aromatic rings. The number of rotatable bonds is 4. The first-order valence-corrected chi connectivity index (χ1v) is 4.82. The van der Waals surface area contributed by atoms with Crippen molar-refractivity contribution in [1.29, 1.82) is 0 Å². The highest BCUT2D eigenvalue weighted by atomic mass is 79.9. The van der Waals surface area contributed by atoms with Gasteiger partial charge in [0, 0.05) is 0 Å². The van der Waals surface area contributed by atoms with Crippen LogP contribution < -0.4 is 10.5 Å². The third-order valence-electron chi connectivity index (χ3n) is 1.55. The van der Waals surface area contributed by atoms with E-state index >= 15 is 0 Å². The first-order valence-electron chi connectivity index (χ1n) is 4.02. The van der Waals surface area contributed by atoms with Crippen LogP contribution in [0.4, 0.5) is 23.2 Å². The Morgan fingerprint density at radius 3 is 2.62 bits per heavy atom. The van der Waals surface area contributed by atoms with Crippen LogP contribution in [0.25, 0.3) is 0 Å². The van der Waals surface area contributed by atoms with Crippen LogP contribution >= 0.6 is 15.9 Å². The number of pyridine rings is 1. The zero-order chi connectivity index (χ0) is 12.3. The highest BCUT2D eigenvalue weighted by molar-refractivity contribution is 9.10. The Morgan fingerprint density at radius 2 is 2.12 bits per heavy atom. The summed E-state index contributed by atoms with van der Waals surface area (Å²) in [5.41, 5.74) is 5.63. The highest BCUT2D eigenvalue weighted by Crippen LogP contribution is 2.27. The molecule has 0 fully saturated rings. The first-order chi connectivity index (χ1) is 7.33. The summed E-state index contributed by atoms with van der Waals surface area (Å²) in [7, 11) is 0. The van der Waals surface area contributed by atoms with Crippen molar-refractivity contribution in [1.82, 2.24) is 4.98 Å². The van der Waals surface area contributed by atoms with Crippen molar-refractivity contribution < 1.29 is 22.3 Å². The molecule has 0 aliphatic rings. The molecule has 0 radical (unpaired) electrons. The number of halogens is 5. The minimum Gasteiger partial charge on any atom is -0.470 e. The van der Waals surface area contributed by atoms with Crippen molar-refractivity contribution in [2.45, 2.75) is 12.3 Å². The van der Waals surface area contributed by atoms with Crippen LogP contribution in [-0.4, -0.2) is 23.9 Å². The average Bonchev–Trinajstić information content (AvgIpc) is 2.16. The molecule has 0 spiro atoms. The molecule has 90 valence electrons. The number of nitrogens with two attached hydrogens (primary N) is 1. The Hall–Kier alpha value is -1.05. The summed E-state index contributed by atoms with van der Waals surface area (Å²) >= 11 is 2.95. The van der Waals surface area contributed by atoms with Crippen LogP contribution in [0.2, 0.25) is 0 Å². The van der Waals surface area contributed by atoms with Gasteiger partial charge in [-0.25, -0.2) is 13.8 Å². The third kappa shape index (κ3) is 3.22. The van der Waals surface area contributed by atoms with Crippen molar-refractivity contribution >= 4 is 21.6 Å². The van der Waals surface area contributed by atoms with E-state index in [1.807, 2.05) is 0 Å². The Morgan fingerprint density at radius 1 is 1.50 bits per heavy atom. The maximum Gasteiger partial charge on any atom is 0.340 e. The molecule has 0 aromatic carbocycles. The maximum absolute atomic E-state index is 12.5. The summed E-state index contributed by atoms with van der Waals surface area (Å²) in [4.78, 5) is 3.57. The zero-order valence-corrected chi connectivity index (χ0v) is 9.35. The van der Waals surface area contributed by atoms with Crippen LogP contribution in [-0.2, 0) is 0 Å². The molecule has 1 aromatic heterocycles. The molecule has 0 saturated heterocycles. The molecule has 0 atom stereocenters. The van der Waals surface area contributed by atoms with Gasteiger partial charge in [-0.1, -0.05) is 0 Å². The molecular weight excluding hydrogens is 296 g/mol. The molecule has 0 saturated carbocycles. The second-order valence-electron chi connectivity index (χ2n) is 2.91. The molecule has 0 aliphatic heterocycles. The molecular formula is C8H7BrF4N2O. The van der Waals surface area contributed by atoms with Crippen molar-refractivity contribution in [3.8, 4) is 5.88 Å². The second-order valence-corrected chi connectivity index (χ2v) is 3.76. The van der Waals surface area contributed by atoms with Gasteiger partial charge in [-0.05, 0) is 22.0 Å². The van der Waals surface area contributed by atoms with Crippen LogP contribution in [0.1, 0.15) is 0 Å². The van der Waals surface area contributed by atoms with Gasteiger partial charge in [0.25, 0.3) is 0 Å². The van der Waals surface area contributed by atoms with Gasteiger partial charge in [-0.15, -0.1) is 0 Å². The Bertz CT molecular complexity index is 375. The average molecular weight is 303 g/mol. The Balaban J connectivity index is 2.68. The lowest BCUT2D eigenvalue weighted by atomic mass is 10.4. The van der Waals surface area contributed by atoms with E-state index in [-0.39, 0.29) is 10.4 Å². The number of hydrogen-bond acceptors (Lipinski definition) is 3. The number of aromatic nitrogens is 1. The van der Waals surface area contributed by atoms with Gasteiger partial charge in [0.2, 0.25) is 5.88 Å². The van der Waals surface area contributed by atoms with E-state index in [1.165, 1.54) is 12.3 Å². The molecule has 0 unspecified atom stereocenters. The summed E-state index contributed by atoms with van der Waals surface area (Å²) in [5.74, 6) is -4.42. The van der Waals surface area contributed by atoms with E-state index < -0.39 is 19.0 Å². The van der Waals surface area contributed by atoms with Crippen molar-refractivity contribution in [2.24, 2.45) is 0 Å². The van der Waals surface area contributed by atoms with Crippen molar-refractivity contribution in [2.75, 3.05) is 12.3 Å². The molecule has 3 nitrogen and oxygen atoms in total. The molecule has 2 N–H and O–H groups in total. The smallest absolute Gasteiger partial charge is 0.340 e. The minimum absolute atomic E-state index is 0.213. The lowest BCUT2D eigenvalue weighted by Crippen LogP contribution is -2.34. The molecule has 8 heteroatoms. The van der Waals surface area contributed by atoms with Crippen LogP contribution in [0.5, 0.6) is 5.88 Å². The number of hydrogen-bond donors (Lipinski definition) is 1. The first kappa shape index (κ1) is 13.0. The van der Waals surface area contributed by atoms with Crippen molar-refractivity contribution in [3.05, 3.63) is 16.7 Å². The van der Waals surface area contributed by atoms with E-state index in [9.17, 15) is 17.6 Å². The fourth-order valence-corrected chi connectivity index (χ4v) is 1.26. The van der Waals surface area contributed by atoms with Crippen LogP contribution in [0.3, 0.4) is 0 Å². The Labute approximate surface area is 96.7 Å². The number of anilines is 1. The van der Waals surface area contributed by atoms with E-state index in [0.29, 0.717) is 5.69 Å². The number of alkyl halides is 4. The van der Waals surface area contributed by atoms with Crippen molar-refractivity contribution in [3.63, 3.8) is 0 Å². The maximum atomic E-state index is 12.5. The van der Waals surface area contributed by atoms with Gasteiger partial charge >= 0.3 is 12.3 Å². The fourth-order valence-electron chi connectivity index (χ4n) is 0.774. The molecule has 1 heterocycles. The van der Waals surface area contributed by atoms with Crippen LogP contribution in [0.15, 0.2) is 16.7 Å². The summed E-state index contributed by atoms with van der Waals surface area (Å²) in [5, 5.41) is 0. The molecule has 1 rings (SSSR count). The SMILES string of the molecule is Nc1cnc(OCC(F)(F)C(F)F)c(Br)c1. The second kappa shape index (κ2) is 4.86. The number of ether oxygens (including phenoxy) is 1. The van der Waals surface area contributed by atoms with E-state index in [1.54, 1.807) is 0 Å². The summed E-state index contributed by atoms with van der Waals surface area (Å²) < 4.78 is 53.3. The molecule has 16 heavy (non-hydrogen) atoms.